The minimum atomic E-state index is -3.66. The highest BCUT2D eigenvalue weighted by Crippen LogP contribution is 2.31. The van der Waals surface area contributed by atoms with Crippen molar-refractivity contribution < 1.29 is 13.2 Å². The molecule has 0 aliphatic rings. The molecule has 144 valence electrons. The van der Waals surface area contributed by atoms with E-state index in [-0.39, 0.29) is 19.8 Å². The molecule has 3 aromatic rings. The van der Waals surface area contributed by atoms with Gasteiger partial charge >= 0.3 is 0 Å². The summed E-state index contributed by atoms with van der Waals surface area (Å²) in [5.74, 6) is -0.402. The molecule has 0 spiro atoms. The van der Waals surface area contributed by atoms with Crippen molar-refractivity contribution in [2.75, 3.05) is 0 Å². The summed E-state index contributed by atoms with van der Waals surface area (Å²) in [4.78, 5) is 10.7. The Labute approximate surface area is 174 Å². The number of sulfone groups is 1. The first-order valence-corrected chi connectivity index (χ1v) is 10.3. The molecule has 1 amide bonds. The van der Waals surface area contributed by atoms with Gasteiger partial charge in [-0.05, 0) is 42.0 Å². The van der Waals surface area contributed by atoms with Crippen molar-refractivity contribution in [1.82, 2.24) is 0 Å². The predicted octanol–water partition coefficient (Wildman–Crippen LogP) is 5.25. The van der Waals surface area contributed by atoms with Gasteiger partial charge in [-0.2, -0.15) is 0 Å². The van der Waals surface area contributed by atoms with E-state index in [1.807, 2.05) is 0 Å². The number of hydrogen-bond donors (Lipinski definition) is 1. The molecular formula is C21H17Cl2NO3S. The van der Waals surface area contributed by atoms with E-state index >= 15 is 0 Å². The quantitative estimate of drug-likeness (QED) is 0.609. The van der Waals surface area contributed by atoms with Gasteiger partial charge in [0, 0.05) is 5.56 Å². The topological polar surface area (TPSA) is 77.2 Å². The fourth-order valence-electron chi connectivity index (χ4n) is 2.23. The summed E-state index contributed by atoms with van der Waals surface area (Å²) in [6.45, 7) is 3.59. The Morgan fingerprint density at radius 3 is 1.61 bits per heavy atom. The summed E-state index contributed by atoms with van der Waals surface area (Å²) in [7, 11) is -3.66. The normalized spacial score (nSPS) is 10.5. The molecule has 0 atom stereocenters. The van der Waals surface area contributed by atoms with E-state index in [4.69, 9.17) is 28.9 Å². The van der Waals surface area contributed by atoms with Crippen molar-refractivity contribution in [2.24, 2.45) is 5.73 Å². The third-order valence-corrected chi connectivity index (χ3v) is 6.44. The van der Waals surface area contributed by atoms with Gasteiger partial charge in [0.2, 0.25) is 15.7 Å². The first-order chi connectivity index (χ1) is 13.3. The van der Waals surface area contributed by atoms with Crippen molar-refractivity contribution in [1.29, 1.82) is 0 Å². The van der Waals surface area contributed by atoms with Crippen LogP contribution in [0.3, 0.4) is 0 Å². The molecule has 0 heterocycles. The second-order valence-corrected chi connectivity index (χ2v) is 8.26. The molecule has 0 radical (unpaired) electrons. The van der Waals surface area contributed by atoms with Gasteiger partial charge in [0.25, 0.3) is 0 Å². The maximum absolute atomic E-state index is 12.3. The van der Waals surface area contributed by atoms with E-state index in [9.17, 15) is 13.2 Å². The van der Waals surface area contributed by atoms with Gasteiger partial charge in [-0.3, -0.25) is 4.79 Å². The molecule has 2 N–H and O–H groups in total. The summed E-state index contributed by atoms with van der Waals surface area (Å²) >= 11 is 11.8. The maximum atomic E-state index is 12.3. The molecule has 28 heavy (non-hydrogen) atoms. The molecule has 7 heteroatoms. The molecule has 3 rings (SSSR count). The van der Waals surface area contributed by atoms with Crippen molar-refractivity contribution in [2.45, 2.75) is 9.79 Å². The Morgan fingerprint density at radius 2 is 1.25 bits per heavy atom. The highest BCUT2D eigenvalue weighted by molar-refractivity contribution is 7.91. The van der Waals surface area contributed by atoms with Crippen LogP contribution in [-0.4, -0.2) is 14.3 Å². The van der Waals surface area contributed by atoms with Crippen LogP contribution in [-0.2, 0) is 9.84 Å². The number of rotatable bonds is 4. The Morgan fingerprint density at radius 1 is 0.821 bits per heavy atom. The number of amides is 1. The molecule has 0 aliphatic heterocycles. The van der Waals surface area contributed by atoms with Crippen LogP contribution in [0.15, 0.2) is 89.2 Å². The number of halogens is 2. The van der Waals surface area contributed by atoms with Crippen LogP contribution < -0.4 is 5.73 Å². The SMILES string of the molecule is C=Cc1ccc(C(N)=O)cc1.O=S(=O)(c1ccccc1Cl)c1ccccc1Cl. The zero-order valence-corrected chi connectivity index (χ0v) is 17.0. The van der Waals surface area contributed by atoms with Gasteiger partial charge < -0.3 is 5.73 Å². The lowest BCUT2D eigenvalue weighted by Crippen LogP contribution is -2.10. The van der Waals surface area contributed by atoms with E-state index in [0.29, 0.717) is 5.56 Å². The van der Waals surface area contributed by atoms with Crippen LogP contribution >= 0.6 is 23.2 Å². The minimum absolute atomic E-state index is 0.0646. The molecule has 4 nitrogen and oxygen atoms in total. The minimum Gasteiger partial charge on any atom is -0.366 e. The lowest BCUT2D eigenvalue weighted by Gasteiger charge is -2.07. The number of hydrogen-bond acceptors (Lipinski definition) is 3. The zero-order chi connectivity index (χ0) is 20.7. The second kappa shape index (κ2) is 9.55. The lowest BCUT2D eigenvalue weighted by atomic mass is 10.1. The molecule has 0 saturated heterocycles. The van der Waals surface area contributed by atoms with Crippen LogP contribution in [0.4, 0.5) is 0 Å². The fraction of sp³-hybridized carbons (Fsp3) is 0. The van der Waals surface area contributed by atoms with Gasteiger partial charge in [0.15, 0.2) is 0 Å². The number of nitrogens with two attached hydrogens (primary N) is 1. The van der Waals surface area contributed by atoms with Crippen LogP contribution in [0, 0.1) is 0 Å². The second-order valence-electron chi connectivity index (χ2n) is 5.55. The van der Waals surface area contributed by atoms with Gasteiger partial charge in [-0.25, -0.2) is 8.42 Å². The van der Waals surface area contributed by atoms with Crippen molar-refractivity contribution in [3.63, 3.8) is 0 Å². The largest absolute Gasteiger partial charge is 0.366 e. The van der Waals surface area contributed by atoms with Gasteiger partial charge in [0.1, 0.15) is 0 Å². The van der Waals surface area contributed by atoms with Crippen molar-refractivity contribution in [3.8, 4) is 0 Å². The molecule has 0 saturated carbocycles. The van der Waals surface area contributed by atoms with E-state index in [0.717, 1.165) is 5.56 Å². The van der Waals surface area contributed by atoms with Crippen molar-refractivity contribution in [3.05, 3.63) is 101 Å². The average Bonchev–Trinajstić information content (AvgIpc) is 2.69. The van der Waals surface area contributed by atoms with Gasteiger partial charge in [-0.1, -0.05) is 72.3 Å². The van der Waals surface area contributed by atoms with Crippen LogP contribution in [0.2, 0.25) is 10.0 Å². The van der Waals surface area contributed by atoms with Crippen LogP contribution in [0.25, 0.3) is 6.08 Å². The number of primary amides is 1. The third kappa shape index (κ3) is 5.23. The van der Waals surface area contributed by atoms with E-state index in [1.54, 1.807) is 54.6 Å². The third-order valence-electron chi connectivity index (χ3n) is 3.68. The Hall–Kier alpha value is -2.60. The van der Waals surface area contributed by atoms with Crippen molar-refractivity contribution >= 4 is 45.0 Å². The molecular weight excluding hydrogens is 417 g/mol. The van der Waals surface area contributed by atoms with Crippen LogP contribution in [0.1, 0.15) is 15.9 Å². The lowest BCUT2D eigenvalue weighted by molar-refractivity contribution is 0.100. The van der Waals surface area contributed by atoms with Crippen LogP contribution in [0.5, 0.6) is 0 Å². The molecule has 3 aromatic carbocycles. The van der Waals surface area contributed by atoms with Gasteiger partial charge in [-0.15, -0.1) is 0 Å². The zero-order valence-electron chi connectivity index (χ0n) is 14.7. The number of carbonyl (C=O) groups excluding carboxylic acids is 1. The summed E-state index contributed by atoms with van der Waals surface area (Å²) < 4.78 is 24.6. The standard InChI is InChI=1S/C12H8Cl2O2S.C9H9NO/c13-9-5-1-3-7-11(9)17(15,16)12-8-4-2-6-10(12)14;1-2-7-3-5-8(6-4-7)9(10)11/h1-8H;2-6H,1H2,(H2,10,11). The highest BCUT2D eigenvalue weighted by Gasteiger charge is 2.22. The Bertz CT molecular complexity index is 1040. The molecule has 0 unspecified atom stereocenters. The summed E-state index contributed by atoms with van der Waals surface area (Å²) in [6.07, 6.45) is 1.71. The first kappa shape index (κ1) is 21.7. The summed E-state index contributed by atoms with van der Waals surface area (Å²) in [5.41, 5.74) is 6.55. The Balaban J connectivity index is 0.000000221. The van der Waals surface area contributed by atoms with Gasteiger partial charge in [0.05, 0.1) is 19.8 Å². The number of carbonyl (C=O) groups is 1. The summed E-state index contributed by atoms with van der Waals surface area (Å²) in [6, 6.07) is 19.5. The molecule has 0 aliphatic carbocycles. The van der Waals surface area contributed by atoms with E-state index in [1.165, 1.54) is 24.3 Å². The highest BCUT2D eigenvalue weighted by atomic mass is 35.5. The monoisotopic (exact) mass is 433 g/mol. The molecule has 0 aromatic heterocycles. The fourth-order valence-corrected chi connectivity index (χ4v) is 4.51. The first-order valence-electron chi connectivity index (χ1n) is 8.04. The molecule has 0 fully saturated rings. The molecule has 0 bridgehead atoms. The maximum Gasteiger partial charge on any atom is 0.248 e. The van der Waals surface area contributed by atoms with E-state index in [2.05, 4.69) is 6.58 Å². The smallest absolute Gasteiger partial charge is 0.248 e. The Kier molecular flexibility index (Phi) is 7.40. The summed E-state index contributed by atoms with van der Waals surface area (Å²) in [5, 5.41) is 0.375. The van der Waals surface area contributed by atoms with E-state index < -0.39 is 15.7 Å². The number of benzene rings is 3. The predicted molar refractivity (Wildman–Crippen MR) is 113 cm³/mol. The average molecular weight is 434 g/mol.